The number of hydrogen-bond donors (Lipinski definition) is 0. The predicted molar refractivity (Wildman–Crippen MR) is 111 cm³/mol. The zero-order chi connectivity index (χ0) is 19.4. The molecular weight excluding hydrogens is 428 g/mol. The monoisotopic (exact) mass is 456 g/mol. The molecule has 1 aliphatic carbocycles. The normalized spacial score (nSPS) is 20.5. The Bertz CT molecular complexity index is 737. The first kappa shape index (κ1) is 20.8. The third kappa shape index (κ3) is 5.33. The summed E-state index contributed by atoms with van der Waals surface area (Å²) in [5.74, 6) is 0.170. The molecule has 7 heteroatoms. The van der Waals surface area contributed by atoms with Crippen LogP contribution in [0.4, 0.5) is 0 Å². The van der Waals surface area contributed by atoms with Gasteiger partial charge in [0.2, 0.25) is 15.9 Å². The molecule has 0 spiro atoms. The van der Waals surface area contributed by atoms with Crippen LogP contribution in [-0.4, -0.2) is 49.7 Å². The molecule has 0 atom stereocenters. The smallest absolute Gasteiger partial charge is 0.225 e. The van der Waals surface area contributed by atoms with E-state index >= 15 is 0 Å². The van der Waals surface area contributed by atoms with Gasteiger partial charge in [0.25, 0.3) is 0 Å². The number of sulfonamides is 1. The van der Waals surface area contributed by atoms with Gasteiger partial charge in [0.1, 0.15) is 0 Å². The van der Waals surface area contributed by atoms with Gasteiger partial charge in [-0.1, -0.05) is 47.3 Å². The molecule has 0 unspecified atom stereocenters. The molecule has 1 aliphatic heterocycles. The van der Waals surface area contributed by atoms with E-state index in [1.807, 2.05) is 36.2 Å². The second kappa shape index (κ2) is 9.05. The van der Waals surface area contributed by atoms with Crippen molar-refractivity contribution in [2.75, 3.05) is 20.1 Å². The molecule has 1 amide bonds. The quantitative estimate of drug-likeness (QED) is 0.676. The second-order valence-electron chi connectivity index (χ2n) is 7.80. The van der Waals surface area contributed by atoms with E-state index in [9.17, 15) is 13.2 Å². The SMILES string of the molecule is CN(C(=O)C1CCN(S(=O)(=O)Cc2ccc(Br)cc2)CC1)C1CCCCC1. The second-order valence-corrected chi connectivity index (χ2v) is 10.7. The van der Waals surface area contributed by atoms with Gasteiger partial charge in [-0.3, -0.25) is 4.79 Å². The van der Waals surface area contributed by atoms with E-state index < -0.39 is 10.0 Å². The largest absolute Gasteiger partial charge is 0.343 e. The summed E-state index contributed by atoms with van der Waals surface area (Å²) in [5.41, 5.74) is 0.786. The van der Waals surface area contributed by atoms with Crippen molar-refractivity contribution in [1.82, 2.24) is 9.21 Å². The number of benzene rings is 1. The lowest BCUT2D eigenvalue weighted by atomic mass is 9.91. The summed E-state index contributed by atoms with van der Waals surface area (Å²) in [4.78, 5) is 14.8. The summed E-state index contributed by atoms with van der Waals surface area (Å²) in [5, 5.41) is 0. The van der Waals surface area contributed by atoms with Crippen LogP contribution in [-0.2, 0) is 20.6 Å². The Kier molecular flexibility index (Phi) is 6.98. The number of amides is 1. The van der Waals surface area contributed by atoms with Gasteiger partial charge in [0, 0.05) is 36.6 Å². The van der Waals surface area contributed by atoms with Crippen LogP contribution in [0.3, 0.4) is 0 Å². The highest BCUT2D eigenvalue weighted by Gasteiger charge is 2.34. The summed E-state index contributed by atoms with van der Waals surface area (Å²) in [7, 11) is -1.42. The molecule has 0 N–H and O–H groups in total. The maximum Gasteiger partial charge on any atom is 0.225 e. The van der Waals surface area contributed by atoms with Gasteiger partial charge in [0.15, 0.2) is 0 Å². The first-order chi connectivity index (χ1) is 12.9. The number of rotatable bonds is 5. The summed E-state index contributed by atoms with van der Waals surface area (Å²) >= 11 is 3.37. The maximum atomic E-state index is 12.8. The topological polar surface area (TPSA) is 57.7 Å². The van der Waals surface area contributed by atoms with Gasteiger partial charge < -0.3 is 4.90 Å². The Morgan fingerprint density at radius 1 is 1.07 bits per heavy atom. The van der Waals surface area contributed by atoms with Crippen molar-refractivity contribution in [3.63, 3.8) is 0 Å². The Labute approximate surface area is 171 Å². The first-order valence-corrected chi connectivity index (χ1v) is 12.3. The van der Waals surface area contributed by atoms with Crippen molar-refractivity contribution in [1.29, 1.82) is 0 Å². The van der Waals surface area contributed by atoms with E-state index in [0.717, 1.165) is 22.9 Å². The van der Waals surface area contributed by atoms with Crippen molar-refractivity contribution < 1.29 is 13.2 Å². The van der Waals surface area contributed by atoms with Crippen molar-refractivity contribution in [3.05, 3.63) is 34.3 Å². The first-order valence-electron chi connectivity index (χ1n) is 9.86. The molecule has 0 radical (unpaired) electrons. The number of halogens is 1. The minimum Gasteiger partial charge on any atom is -0.343 e. The molecule has 1 saturated heterocycles. The third-order valence-corrected chi connectivity index (χ3v) is 8.31. The molecule has 1 aromatic carbocycles. The number of nitrogens with zero attached hydrogens (tertiary/aromatic N) is 2. The van der Waals surface area contributed by atoms with Crippen molar-refractivity contribution in [2.45, 2.75) is 56.7 Å². The fourth-order valence-electron chi connectivity index (χ4n) is 4.20. The molecule has 5 nitrogen and oxygen atoms in total. The molecule has 150 valence electrons. The lowest BCUT2D eigenvalue weighted by Crippen LogP contribution is -2.46. The summed E-state index contributed by atoms with van der Waals surface area (Å²) in [6, 6.07) is 7.74. The molecule has 1 saturated carbocycles. The van der Waals surface area contributed by atoms with Crippen LogP contribution in [0.1, 0.15) is 50.5 Å². The Morgan fingerprint density at radius 2 is 1.67 bits per heavy atom. The van der Waals surface area contributed by atoms with Crippen LogP contribution >= 0.6 is 15.9 Å². The van der Waals surface area contributed by atoms with Crippen molar-refractivity contribution >= 4 is 31.9 Å². The number of piperidine rings is 1. The van der Waals surface area contributed by atoms with E-state index in [2.05, 4.69) is 15.9 Å². The zero-order valence-corrected chi connectivity index (χ0v) is 18.3. The third-order valence-electron chi connectivity index (χ3n) is 5.93. The van der Waals surface area contributed by atoms with Crippen LogP contribution in [0.25, 0.3) is 0 Å². The summed E-state index contributed by atoms with van der Waals surface area (Å²) in [6.07, 6.45) is 7.12. The number of carbonyl (C=O) groups excluding carboxylic acids is 1. The van der Waals surface area contributed by atoms with Crippen LogP contribution in [0.2, 0.25) is 0 Å². The van der Waals surface area contributed by atoms with E-state index in [1.54, 1.807) is 4.31 Å². The molecule has 1 heterocycles. The van der Waals surface area contributed by atoms with E-state index in [4.69, 9.17) is 0 Å². The lowest BCUT2D eigenvalue weighted by Gasteiger charge is -2.36. The zero-order valence-electron chi connectivity index (χ0n) is 15.9. The molecule has 2 aliphatic rings. The lowest BCUT2D eigenvalue weighted by molar-refractivity contribution is -0.138. The molecular formula is C20H29BrN2O3S. The van der Waals surface area contributed by atoms with Gasteiger partial charge >= 0.3 is 0 Å². The van der Waals surface area contributed by atoms with Gasteiger partial charge in [-0.2, -0.15) is 0 Å². The average Bonchev–Trinajstić information content (AvgIpc) is 2.69. The number of hydrogen-bond acceptors (Lipinski definition) is 3. The van der Waals surface area contributed by atoms with Gasteiger partial charge in [-0.15, -0.1) is 0 Å². The average molecular weight is 457 g/mol. The highest BCUT2D eigenvalue weighted by atomic mass is 79.9. The maximum absolute atomic E-state index is 12.8. The highest BCUT2D eigenvalue weighted by molar-refractivity contribution is 9.10. The molecule has 3 rings (SSSR count). The van der Waals surface area contributed by atoms with Crippen molar-refractivity contribution in [2.24, 2.45) is 5.92 Å². The van der Waals surface area contributed by atoms with Gasteiger partial charge in [-0.25, -0.2) is 12.7 Å². The molecule has 2 fully saturated rings. The fourth-order valence-corrected chi connectivity index (χ4v) is 6.03. The van der Waals surface area contributed by atoms with Crippen LogP contribution < -0.4 is 0 Å². The van der Waals surface area contributed by atoms with Crippen molar-refractivity contribution in [3.8, 4) is 0 Å². The molecule has 0 aromatic heterocycles. The van der Waals surface area contributed by atoms with E-state index in [-0.39, 0.29) is 17.6 Å². The molecule has 0 bridgehead atoms. The Hall–Kier alpha value is -0.920. The summed E-state index contributed by atoms with van der Waals surface area (Å²) in [6.45, 7) is 0.877. The van der Waals surface area contributed by atoms with Gasteiger partial charge in [-0.05, 0) is 43.4 Å². The minimum atomic E-state index is -3.35. The van der Waals surface area contributed by atoms with Crippen LogP contribution in [0.5, 0.6) is 0 Å². The molecule has 27 heavy (non-hydrogen) atoms. The van der Waals surface area contributed by atoms with E-state index in [1.165, 1.54) is 19.3 Å². The Morgan fingerprint density at radius 3 is 2.26 bits per heavy atom. The Balaban J connectivity index is 1.54. The van der Waals surface area contributed by atoms with E-state index in [0.29, 0.717) is 32.0 Å². The van der Waals surface area contributed by atoms with Crippen LogP contribution in [0, 0.1) is 5.92 Å². The van der Waals surface area contributed by atoms with Crippen LogP contribution in [0.15, 0.2) is 28.7 Å². The predicted octanol–water partition coefficient (Wildman–Crippen LogP) is 3.78. The molecule has 1 aromatic rings. The fraction of sp³-hybridized carbons (Fsp3) is 0.650. The van der Waals surface area contributed by atoms with Gasteiger partial charge in [0.05, 0.1) is 5.75 Å². The highest BCUT2D eigenvalue weighted by Crippen LogP contribution is 2.27. The standard InChI is InChI=1S/C20H29BrN2O3S/c1-22(19-5-3-2-4-6-19)20(24)17-11-13-23(14-12-17)27(25,26)15-16-7-9-18(21)10-8-16/h7-10,17,19H,2-6,11-15H2,1H3. The summed E-state index contributed by atoms with van der Waals surface area (Å²) < 4.78 is 27.9. The minimum absolute atomic E-state index is 0.0148. The number of carbonyl (C=O) groups is 1.